The molecule has 5 rings (SSSR count). The number of amides is 2. The van der Waals surface area contributed by atoms with Gasteiger partial charge in [-0.25, -0.2) is 4.98 Å². The number of carbonyl (C=O) groups is 2. The highest BCUT2D eigenvalue weighted by atomic mass is 35.5. The van der Waals surface area contributed by atoms with Crippen molar-refractivity contribution in [2.75, 3.05) is 10.6 Å². The van der Waals surface area contributed by atoms with E-state index in [1.54, 1.807) is 36.4 Å². The van der Waals surface area contributed by atoms with Crippen LogP contribution in [0.15, 0.2) is 97.1 Å². The van der Waals surface area contributed by atoms with Gasteiger partial charge in [0.1, 0.15) is 5.82 Å². The maximum absolute atomic E-state index is 12.5. The van der Waals surface area contributed by atoms with Crippen LogP contribution in [0, 0.1) is 0 Å². The zero-order chi connectivity index (χ0) is 23.5. The summed E-state index contributed by atoms with van der Waals surface area (Å²) in [5.41, 5.74) is 4.92. The van der Waals surface area contributed by atoms with Crippen LogP contribution in [0.4, 0.5) is 11.4 Å². The number of rotatable bonds is 5. The highest BCUT2D eigenvalue weighted by molar-refractivity contribution is 6.30. The van der Waals surface area contributed by atoms with Crippen LogP contribution in [0.5, 0.6) is 0 Å². The number of hydrogen-bond donors (Lipinski definition) is 3. The SMILES string of the molecule is O=C(Nc1ccc(-c2nc3ccc(NC(=O)c4ccc(Cl)cc4)cc3[nH]2)cc1)c1ccccc1. The van der Waals surface area contributed by atoms with Gasteiger partial charge in [-0.15, -0.1) is 0 Å². The molecule has 0 saturated carbocycles. The number of carbonyl (C=O) groups excluding carboxylic acids is 2. The van der Waals surface area contributed by atoms with E-state index in [-0.39, 0.29) is 11.8 Å². The zero-order valence-corrected chi connectivity index (χ0v) is 18.6. The number of fused-ring (bicyclic) bond motifs is 1. The van der Waals surface area contributed by atoms with Gasteiger partial charge in [0.2, 0.25) is 0 Å². The van der Waals surface area contributed by atoms with Crippen LogP contribution in [0.1, 0.15) is 20.7 Å². The Bertz CT molecular complexity index is 1480. The first-order chi connectivity index (χ1) is 16.5. The minimum atomic E-state index is -0.219. The Morgan fingerprint density at radius 3 is 2.03 bits per heavy atom. The number of H-pyrrole nitrogens is 1. The smallest absolute Gasteiger partial charge is 0.255 e. The fraction of sp³-hybridized carbons (Fsp3) is 0. The lowest BCUT2D eigenvalue weighted by molar-refractivity contribution is 0.101. The molecule has 0 radical (unpaired) electrons. The minimum absolute atomic E-state index is 0.162. The van der Waals surface area contributed by atoms with Crippen molar-refractivity contribution in [2.24, 2.45) is 0 Å². The van der Waals surface area contributed by atoms with E-state index in [4.69, 9.17) is 11.6 Å². The Balaban J connectivity index is 1.31. The fourth-order valence-corrected chi connectivity index (χ4v) is 3.66. The maximum Gasteiger partial charge on any atom is 0.255 e. The van der Waals surface area contributed by atoms with E-state index < -0.39 is 0 Å². The molecule has 0 spiro atoms. The van der Waals surface area contributed by atoms with Gasteiger partial charge in [-0.05, 0) is 78.9 Å². The number of halogens is 1. The molecule has 4 aromatic carbocycles. The van der Waals surface area contributed by atoms with Crippen LogP contribution >= 0.6 is 11.6 Å². The molecule has 7 heteroatoms. The van der Waals surface area contributed by atoms with Crippen LogP contribution in [-0.2, 0) is 0 Å². The predicted octanol–water partition coefficient (Wildman–Crippen LogP) is 6.39. The number of nitrogens with one attached hydrogen (secondary N) is 3. The van der Waals surface area contributed by atoms with Crippen molar-refractivity contribution in [3.05, 3.63) is 113 Å². The van der Waals surface area contributed by atoms with Gasteiger partial charge in [-0.2, -0.15) is 0 Å². The number of benzene rings is 4. The maximum atomic E-state index is 12.5. The van der Waals surface area contributed by atoms with Gasteiger partial charge in [0, 0.05) is 33.1 Å². The summed E-state index contributed by atoms with van der Waals surface area (Å²) in [6.07, 6.45) is 0. The molecular weight excluding hydrogens is 448 g/mol. The molecule has 0 aliphatic rings. The van der Waals surface area contributed by atoms with Gasteiger partial charge >= 0.3 is 0 Å². The molecule has 6 nitrogen and oxygen atoms in total. The van der Waals surface area contributed by atoms with Gasteiger partial charge in [-0.1, -0.05) is 29.8 Å². The van der Waals surface area contributed by atoms with E-state index in [2.05, 4.69) is 20.6 Å². The van der Waals surface area contributed by atoms with E-state index >= 15 is 0 Å². The number of hydrogen-bond acceptors (Lipinski definition) is 3. The van der Waals surface area contributed by atoms with Gasteiger partial charge in [0.05, 0.1) is 11.0 Å². The molecule has 0 aliphatic carbocycles. The predicted molar refractivity (Wildman–Crippen MR) is 135 cm³/mol. The van der Waals surface area contributed by atoms with E-state index in [1.807, 2.05) is 60.7 Å². The standard InChI is InChI=1S/C27H19ClN4O2/c28-20-10-6-19(7-11-20)27(34)30-22-14-15-23-24(16-22)32-25(31-23)17-8-12-21(13-9-17)29-26(33)18-4-2-1-3-5-18/h1-16H,(H,29,33)(H,30,34)(H,31,32). The number of aromatic amines is 1. The van der Waals surface area contributed by atoms with Gasteiger partial charge in [-0.3, -0.25) is 9.59 Å². The van der Waals surface area contributed by atoms with Crippen LogP contribution in [0.25, 0.3) is 22.4 Å². The molecule has 0 fully saturated rings. The van der Waals surface area contributed by atoms with Crippen LogP contribution in [0.2, 0.25) is 5.02 Å². The van der Waals surface area contributed by atoms with Crippen molar-refractivity contribution >= 4 is 45.8 Å². The van der Waals surface area contributed by atoms with Crippen LogP contribution in [-0.4, -0.2) is 21.8 Å². The van der Waals surface area contributed by atoms with Crippen molar-refractivity contribution in [2.45, 2.75) is 0 Å². The normalized spacial score (nSPS) is 10.7. The minimum Gasteiger partial charge on any atom is -0.338 e. The first-order valence-electron chi connectivity index (χ1n) is 10.6. The lowest BCUT2D eigenvalue weighted by atomic mass is 10.1. The molecule has 5 aromatic rings. The molecule has 1 heterocycles. The molecular formula is C27H19ClN4O2. The van der Waals surface area contributed by atoms with Crippen molar-refractivity contribution in [3.63, 3.8) is 0 Å². The van der Waals surface area contributed by atoms with Crippen molar-refractivity contribution in [3.8, 4) is 11.4 Å². The summed E-state index contributed by atoms with van der Waals surface area (Å²) in [6.45, 7) is 0. The summed E-state index contributed by atoms with van der Waals surface area (Å²) in [4.78, 5) is 32.7. The van der Waals surface area contributed by atoms with E-state index in [0.29, 0.717) is 33.3 Å². The highest BCUT2D eigenvalue weighted by Crippen LogP contribution is 2.25. The molecule has 2 amide bonds. The second-order valence-electron chi connectivity index (χ2n) is 7.68. The van der Waals surface area contributed by atoms with Crippen molar-refractivity contribution in [1.29, 1.82) is 0 Å². The third-order valence-electron chi connectivity index (χ3n) is 5.30. The number of imidazole rings is 1. The summed E-state index contributed by atoms with van der Waals surface area (Å²) >= 11 is 5.89. The molecule has 34 heavy (non-hydrogen) atoms. The van der Waals surface area contributed by atoms with E-state index in [9.17, 15) is 9.59 Å². The van der Waals surface area contributed by atoms with Gasteiger partial charge in [0.15, 0.2) is 0 Å². The zero-order valence-electron chi connectivity index (χ0n) is 17.9. The summed E-state index contributed by atoms with van der Waals surface area (Å²) in [5, 5.41) is 6.35. The average molecular weight is 467 g/mol. The third kappa shape index (κ3) is 4.67. The molecule has 0 bridgehead atoms. The van der Waals surface area contributed by atoms with Gasteiger partial charge < -0.3 is 15.6 Å². The Labute approximate surface area is 200 Å². The molecule has 0 saturated heterocycles. The Hall–Kier alpha value is -4.42. The summed E-state index contributed by atoms with van der Waals surface area (Å²) < 4.78 is 0. The third-order valence-corrected chi connectivity index (χ3v) is 5.55. The number of aromatic nitrogens is 2. The number of anilines is 2. The molecule has 0 aliphatic heterocycles. The molecule has 0 unspecified atom stereocenters. The Morgan fingerprint density at radius 2 is 1.32 bits per heavy atom. The molecule has 0 atom stereocenters. The molecule has 3 N–H and O–H groups in total. The molecule has 1 aromatic heterocycles. The monoisotopic (exact) mass is 466 g/mol. The van der Waals surface area contributed by atoms with Crippen LogP contribution < -0.4 is 10.6 Å². The number of nitrogens with zero attached hydrogens (tertiary/aromatic N) is 1. The van der Waals surface area contributed by atoms with E-state index in [1.165, 1.54) is 0 Å². The highest BCUT2D eigenvalue weighted by Gasteiger charge is 2.10. The molecule has 166 valence electrons. The topological polar surface area (TPSA) is 86.9 Å². The lowest BCUT2D eigenvalue weighted by Gasteiger charge is -2.06. The largest absolute Gasteiger partial charge is 0.338 e. The summed E-state index contributed by atoms with van der Waals surface area (Å²) in [6, 6.07) is 28.7. The quantitative estimate of drug-likeness (QED) is 0.280. The van der Waals surface area contributed by atoms with Crippen molar-refractivity contribution < 1.29 is 9.59 Å². The van der Waals surface area contributed by atoms with Crippen LogP contribution in [0.3, 0.4) is 0 Å². The van der Waals surface area contributed by atoms with E-state index in [0.717, 1.165) is 16.6 Å². The summed E-state index contributed by atoms with van der Waals surface area (Å²) in [7, 11) is 0. The average Bonchev–Trinajstić information content (AvgIpc) is 3.29. The second kappa shape index (κ2) is 9.21. The summed E-state index contributed by atoms with van der Waals surface area (Å²) in [5.74, 6) is 0.311. The first-order valence-corrected chi connectivity index (χ1v) is 11.0. The lowest BCUT2D eigenvalue weighted by Crippen LogP contribution is -2.11. The second-order valence-corrected chi connectivity index (χ2v) is 8.11. The van der Waals surface area contributed by atoms with Crippen molar-refractivity contribution in [1.82, 2.24) is 9.97 Å². The Morgan fingerprint density at radius 1 is 0.706 bits per heavy atom. The Kier molecular flexibility index (Phi) is 5.81. The first kappa shape index (κ1) is 21.4. The fourth-order valence-electron chi connectivity index (χ4n) is 3.53. The van der Waals surface area contributed by atoms with Gasteiger partial charge in [0.25, 0.3) is 11.8 Å².